The van der Waals surface area contributed by atoms with E-state index < -0.39 is 49.0 Å². The van der Waals surface area contributed by atoms with Crippen LogP contribution in [0.2, 0.25) is 0 Å². The number of phosphoric acid groups is 1. The molecule has 0 radical (unpaired) electrons. The molecule has 0 saturated carbocycles. The molecule has 0 aliphatic carbocycles. The fourth-order valence-corrected chi connectivity index (χ4v) is 7.28. The topological polar surface area (TPSA) is 185 Å². The van der Waals surface area contributed by atoms with Gasteiger partial charge in [0, 0.05) is 40.7 Å². The van der Waals surface area contributed by atoms with E-state index in [0.717, 1.165) is 22.9 Å². The third kappa shape index (κ3) is 9.60. The fraction of sp³-hybridized carbons (Fsp3) is 0.278. The van der Waals surface area contributed by atoms with E-state index in [2.05, 4.69) is 27.2 Å². The highest BCUT2D eigenvalue weighted by Gasteiger charge is 2.34. The zero-order valence-corrected chi connectivity index (χ0v) is 30.9. The number of aromatic carboxylic acids is 1. The molecular weight excluding hydrogens is 750 g/mol. The number of carbonyl (C=O) groups is 1. The molecule has 2 unspecified atom stereocenters. The van der Waals surface area contributed by atoms with Gasteiger partial charge in [0.1, 0.15) is 22.1 Å². The van der Waals surface area contributed by atoms with E-state index in [0.29, 0.717) is 12.1 Å². The number of carboxylic acid groups (broad SMARTS) is 1. The number of alkyl halides is 3. The number of anilines is 1. The molecule has 54 heavy (non-hydrogen) atoms. The summed E-state index contributed by atoms with van der Waals surface area (Å²) in [5.41, 5.74) is -1.03. The molecule has 286 valence electrons. The summed E-state index contributed by atoms with van der Waals surface area (Å²) < 4.78 is 65.7. The summed E-state index contributed by atoms with van der Waals surface area (Å²) >= 11 is 0.724. The van der Waals surface area contributed by atoms with Crippen molar-refractivity contribution in [2.24, 2.45) is 5.92 Å². The van der Waals surface area contributed by atoms with Crippen LogP contribution in [0, 0.1) is 5.92 Å². The molecule has 5 rings (SSSR count). The van der Waals surface area contributed by atoms with E-state index in [9.17, 15) is 42.4 Å². The molecule has 5 aromatic rings. The summed E-state index contributed by atoms with van der Waals surface area (Å²) in [6, 6.07) is 13.7. The lowest BCUT2D eigenvalue weighted by molar-refractivity contribution is -0.140. The predicted octanol–water partition coefficient (Wildman–Crippen LogP) is 7.29. The highest BCUT2D eigenvalue weighted by atomic mass is 32.1. The van der Waals surface area contributed by atoms with Gasteiger partial charge in [-0.25, -0.2) is 19.3 Å². The van der Waals surface area contributed by atoms with Gasteiger partial charge < -0.3 is 24.6 Å². The summed E-state index contributed by atoms with van der Waals surface area (Å²) in [5.74, 6) is -1.81. The molecule has 2 aromatic carbocycles. The largest absolute Gasteiger partial charge is 0.527 e. The van der Waals surface area contributed by atoms with Gasteiger partial charge in [-0.05, 0) is 41.8 Å². The van der Waals surface area contributed by atoms with Crippen LogP contribution in [0.5, 0.6) is 0 Å². The zero-order chi connectivity index (χ0) is 39.4. The summed E-state index contributed by atoms with van der Waals surface area (Å²) in [7, 11) is -4.69. The number of fused-ring (bicyclic) bond motifs is 1. The Bertz CT molecular complexity index is 2260. The second-order valence-corrected chi connectivity index (χ2v) is 14.7. The van der Waals surface area contributed by atoms with Crippen LogP contribution < -0.4 is 16.1 Å². The smallest absolute Gasteiger partial charge is 0.477 e. The van der Waals surface area contributed by atoms with Crippen LogP contribution in [0.1, 0.15) is 48.4 Å². The van der Waals surface area contributed by atoms with Gasteiger partial charge in [0.15, 0.2) is 12.0 Å². The second kappa shape index (κ2) is 16.6. The maximum atomic E-state index is 13.8. The number of allylic oxidation sites excluding steroid dienone is 1. The van der Waals surface area contributed by atoms with Crippen molar-refractivity contribution >= 4 is 41.8 Å². The van der Waals surface area contributed by atoms with Crippen molar-refractivity contribution in [1.29, 1.82) is 0 Å². The Kier molecular flexibility index (Phi) is 12.4. The van der Waals surface area contributed by atoms with Gasteiger partial charge >= 0.3 is 20.0 Å². The molecule has 18 heteroatoms. The van der Waals surface area contributed by atoms with Gasteiger partial charge in [0.05, 0.1) is 18.2 Å². The summed E-state index contributed by atoms with van der Waals surface area (Å²) in [4.78, 5) is 44.9. The van der Waals surface area contributed by atoms with E-state index in [1.54, 1.807) is 57.2 Å². The van der Waals surface area contributed by atoms with Crippen molar-refractivity contribution in [2.75, 3.05) is 18.5 Å². The average Bonchev–Trinajstić information content (AvgIpc) is 3.62. The number of rotatable bonds is 16. The molecule has 5 N–H and O–H groups in total. The van der Waals surface area contributed by atoms with Crippen LogP contribution in [0.4, 0.5) is 19.0 Å². The van der Waals surface area contributed by atoms with Gasteiger partial charge in [-0.2, -0.15) is 13.2 Å². The SMILES string of the molecule is C=C(OP(=O)(O)OCC(C)C)[C@H](Cc1ccccc1)n1cc(C(=O)O)c(=O)c2cc(-c3cnc(NC(O)NCC)cc3-c3nc(C(F)(F)F)cs3)ccc21. The Labute approximate surface area is 311 Å². The molecule has 0 spiro atoms. The molecule has 13 nitrogen and oxygen atoms in total. The van der Waals surface area contributed by atoms with Gasteiger partial charge in [0.25, 0.3) is 0 Å². The molecule has 0 saturated heterocycles. The van der Waals surface area contributed by atoms with E-state index in [4.69, 9.17) is 9.05 Å². The number of aliphatic hydroxyl groups excluding tert-OH is 1. The first-order valence-electron chi connectivity index (χ1n) is 16.5. The van der Waals surface area contributed by atoms with Crippen molar-refractivity contribution in [3.63, 3.8) is 0 Å². The summed E-state index contributed by atoms with van der Waals surface area (Å²) in [5, 5.41) is 26.5. The monoisotopic (exact) mass is 787 g/mol. The minimum Gasteiger partial charge on any atom is -0.477 e. The highest BCUT2D eigenvalue weighted by molar-refractivity contribution is 7.47. The average molecular weight is 788 g/mol. The minimum absolute atomic E-state index is 0.0398. The number of nitrogens with one attached hydrogen (secondary N) is 2. The first-order valence-corrected chi connectivity index (χ1v) is 18.9. The molecule has 3 atom stereocenters. The molecule has 0 aliphatic rings. The van der Waals surface area contributed by atoms with Gasteiger partial charge in [0.2, 0.25) is 5.43 Å². The number of aliphatic hydroxyl groups is 1. The minimum atomic E-state index is -4.72. The van der Waals surface area contributed by atoms with E-state index >= 15 is 0 Å². The van der Waals surface area contributed by atoms with Gasteiger partial charge in [-0.1, -0.05) is 63.7 Å². The highest BCUT2D eigenvalue weighted by Crippen LogP contribution is 2.48. The number of halogens is 3. The van der Waals surface area contributed by atoms with Gasteiger partial charge in [-0.3, -0.25) is 19.5 Å². The molecule has 0 fully saturated rings. The predicted molar refractivity (Wildman–Crippen MR) is 198 cm³/mol. The normalized spacial score (nSPS) is 14.1. The van der Waals surface area contributed by atoms with Crippen molar-refractivity contribution < 1.29 is 46.7 Å². The number of aromatic nitrogens is 3. The number of hydrogen-bond acceptors (Lipinski definition) is 11. The Balaban J connectivity index is 1.69. The molecule has 3 aromatic heterocycles. The van der Waals surface area contributed by atoms with Crippen molar-refractivity contribution in [1.82, 2.24) is 19.9 Å². The third-order valence-electron chi connectivity index (χ3n) is 7.97. The lowest BCUT2D eigenvalue weighted by atomic mass is 9.98. The number of benzene rings is 2. The fourth-order valence-electron chi connectivity index (χ4n) is 5.47. The standard InChI is InChI=1S/C36H37F3N5O8PS/c1-5-40-35(48)43-31-15-24(33-42-30(19-54-33)36(37,38)39)26(16-41-31)23-11-12-28-25(14-23)32(45)27(34(46)47)17-44(28)29(13-22-9-7-6-8-10-22)21(4)52-53(49,50)51-18-20(2)3/h6-12,14-17,19-20,29,35,40,48H,4-5,13,18H2,1-3H3,(H,41,43)(H,46,47)(H,49,50)/t29-,35?/m0/s1. The second-order valence-electron chi connectivity index (χ2n) is 12.5. The molecule has 0 bridgehead atoms. The number of carboxylic acids is 1. The van der Waals surface area contributed by atoms with Gasteiger partial charge in [-0.15, -0.1) is 11.3 Å². The lowest BCUT2D eigenvalue weighted by Crippen LogP contribution is -2.35. The molecule has 3 heterocycles. The number of phosphoric ester groups is 1. The zero-order valence-electron chi connectivity index (χ0n) is 29.2. The Morgan fingerprint density at radius 2 is 1.85 bits per heavy atom. The maximum Gasteiger partial charge on any atom is 0.527 e. The van der Waals surface area contributed by atoms with Crippen LogP contribution >= 0.6 is 19.2 Å². The van der Waals surface area contributed by atoms with Crippen molar-refractivity contribution in [3.8, 4) is 21.7 Å². The number of thiazole rings is 1. The summed E-state index contributed by atoms with van der Waals surface area (Å²) in [6.45, 7) is 9.51. The van der Waals surface area contributed by atoms with E-state index in [-0.39, 0.29) is 63.1 Å². The van der Waals surface area contributed by atoms with Crippen LogP contribution in [-0.2, 0) is 26.2 Å². The summed E-state index contributed by atoms with van der Waals surface area (Å²) in [6.07, 6.45) is -3.45. The number of pyridine rings is 2. The molecule has 0 aliphatic heterocycles. The van der Waals surface area contributed by atoms with E-state index in [1.165, 1.54) is 29.0 Å². The first kappa shape index (κ1) is 40.3. The van der Waals surface area contributed by atoms with Crippen LogP contribution in [0.3, 0.4) is 0 Å². The Morgan fingerprint density at radius 1 is 1.13 bits per heavy atom. The lowest BCUT2D eigenvalue weighted by Gasteiger charge is -2.27. The quantitative estimate of drug-likeness (QED) is 0.0383. The van der Waals surface area contributed by atoms with Crippen molar-refractivity contribution in [2.45, 2.75) is 45.8 Å². The Hall–Kier alpha value is -4.90. The maximum absolute atomic E-state index is 13.8. The third-order valence-corrected chi connectivity index (χ3v) is 9.78. The number of nitrogens with zero attached hydrogens (tertiary/aromatic N) is 3. The van der Waals surface area contributed by atoms with Crippen molar-refractivity contribution in [3.05, 3.63) is 112 Å². The van der Waals surface area contributed by atoms with Crippen LogP contribution in [-0.4, -0.2) is 55.1 Å². The van der Waals surface area contributed by atoms with Crippen LogP contribution in [0.25, 0.3) is 32.6 Å². The van der Waals surface area contributed by atoms with Crippen LogP contribution in [0.15, 0.2) is 89.5 Å². The Morgan fingerprint density at radius 3 is 2.48 bits per heavy atom. The molecule has 0 amide bonds. The van der Waals surface area contributed by atoms with E-state index in [1.807, 2.05) is 0 Å². The molecular formula is C36H37F3N5O8PS. The number of hydrogen-bond donors (Lipinski definition) is 5. The first-order chi connectivity index (χ1) is 25.5.